The second-order valence-electron chi connectivity index (χ2n) is 11.9. The maximum Gasteiger partial charge on any atom is 0.408 e. The quantitative estimate of drug-likeness (QED) is 0.199. The predicted molar refractivity (Wildman–Crippen MR) is 169 cm³/mol. The number of nitrogens with zero attached hydrogens (tertiary/aromatic N) is 8. The molecular formula is C33H31F5N8O4. The molecule has 5 aromatic rings. The lowest BCUT2D eigenvalue weighted by atomic mass is 10.0. The maximum absolute atomic E-state index is 14.9. The van der Waals surface area contributed by atoms with Gasteiger partial charge in [0.1, 0.15) is 62.2 Å². The highest BCUT2D eigenvalue weighted by Crippen LogP contribution is 2.38. The first-order valence-electron chi connectivity index (χ1n) is 15.7. The minimum absolute atomic E-state index is 0.00144. The first-order valence-corrected chi connectivity index (χ1v) is 15.7. The third kappa shape index (κ3) is 7.18. The fourth-order valence-electron chi connectivity index (χ4n) is 6.06. The summed E-state index contributed by atoms with van der Waals surface area (Å²) in [5.74, 6) is -2.44. The molecule has 12 nitrogen and oxygen atoms in total. The van der Waals surface area contributed by atoms with Crippen molar-refractivity contribution in [1.29, 1.82) is 0 Å². The Bertz CT molecular complexity index is 1960. The number of rotatable bonds is 10. The lowest BCUT2D eigenvalue weighted by Crippen LogP contribution is -2.46. The zero-order valence-corrected chi connectivity index (χ0v) is 26.4. The molecule has 50 heavy (non-hydrogen) atoms. The molecule has 0 spiro atoms. The maximum atomic E-state index is 14.9. The predicted octanol–water partition coefficient (Wildman–Crippen LogP) is 4.14. The molecule has 2 unspecified atom stereocenters. The Hall–Kier alpha value is -5.29. The molecular weight excluding hydrogens is 667 g/mol. The van der Waals surface area contributed by atoms with Crippen molar-refractivity contribution in [2.45, 2.75) is 31.2 Å². The van der Waals surface area contributed by atoms with Crippen molar-refractivity contribution in [2.24, 2.45) is 0 Å². The standard InChI is InChI=1S/C33H31F5N8O4/c34-23-1-10-29(30(35)15-23)32(18-44-21-39-20-40-44)49-17-28(50-32)16-48-27-8-6-25(7-9-27)43-13-11-42(12-14-43)24-2-4-26(5-3-24)45-22-41-46(31(45)47)19-33(36,37)38/h1-10,15,20-22,28H,11-14,16-19H2. The van der Waals surface area contributed by atoms with Gasteiger partial charge < -0.3 is 24.0 Å². The monoisotopic (exact) mass is 698 g/mol. The minimum Gasteiger partial charge on any atom is -0.491 e. The van der Waals surface area contributed by atoms with Gasteiger partial charge in [-0.1, -0.05) is 0 Å². The molecule has 0 saturated carbocycles. The zero-order valence-electron chi connectivity index (χ0n) is 26.4. The molecule has 0 aliphatic carbocycles. The molecule has 0 bridgehead atoms. The molecule has 2 aliphatic heterocycles. The van der Waals surface area contributed by atoms with Crippen LogP contribution in [-0.2, 0) is 28.4 Å². The average molecular weight is 699 g/mol. The van der Waals surface area contributed by atoms with E-state index in [0.717, 1.165) is 60.6 Å². The van der Waals surface area contributed by atoms with Gasteiger partial charge in [0.05, 0.1) is 12.3 Å². The van der Waals surface area contributed by atoms with Gasteiger partial charge >= 0.3 is 11.9 Å². The number of ether oxygens (including phenoxy) is 3. The van der Waals surface area contributed by atoms with E-state index in [1.165, 1.54) is 23.4 Å². The van der Waals surface area contributed by atoms with E-state index < -0.39 is 41.9 Å². The van der Waals surface area contributed by atoms with Crippen molar-refractivity contribution in [2.75, 3.05) is 49.2 Å². The van der Waals surface area contributed by atoms with Gasteiger partial charge in [-0.3, -0.25) is 0 Å². The average Bonchev–Trinajstić information content (AvgIpc) is 3.85. The Labute approximate surface area is 281 Å². The van der Waals surface area contributed by atoms with E-state index in [-0.39, 0.29) is 25.3 Å². The van der Waals surface area contributed by atoms with Gasteiger partial charge in [-0.15, -0.1) is 0 Å². The van der Waals surface area contributed by atoms with Crippen molar-refractivity contribution in [3.05, 3.63) is 113 Å². The Morgan fingerprint density at radius 2 is 1.52 bits per heavy atom. The Morgan fingerprint density at radius 3 is 2.14 bits per heavy atom. The summed E-state index contributed by atoms with van der Waals surface area (Å²) in [6.07, 6.45) is -1.21. The highest BCUT2D eigenvalue weighted by molar-refractivity contribution is 5.54. The van der Waals surface area contributed by atoms with E-state index in [0.29, 0.717) is 16.1 Å². The second kappa shape index (κ2) is 13.5. The van der Waals surface area contributed by atoms with Crippen molar-refractivity contribution in [3.8, 4) is 11.4 Å². The van der Waals surface area contributed by atoms with Crippen molar-refractivity contribution in [3.63, 3.8) is 0 Å². The van der Waals surface area contributed by atoms with Crippen LogP contribution in [0.5, 0.6) is 5.75 Å². The van der Waals surface area contributed by atoms with Crippen LogP contribution in [0.15, 0.2) is 90.5 Å². The lowest BCUT2D eigenvalue weighted by Gasteiger charge is -2.37. The fraction of sp³-hybridized carbons (Fsp3) is 0.333. The van der Waals surface area contributed by atoms with Crippen LogP contribution >= 0.6 is 0 Å². The summed E-state index contributed by atoms with van der Waals surface area (Å²) in [6, 6.07) is 17.9. The summed E-state index contributed by atoms with van der Waals surface area (Å²) in [5.41, 5.74) is 1.56. The molecule has 262 valence electrons. The summed E-state index contributed by atoms with van der Waals surface area (Å²) < 4.78 is 87.7. The minimum atomic E-state index is -4.54. The van der Waals surface area contributed by atoms with E-state index >= 15 is 0 Å². The van der Waals surface area contributed by atoms with Gasteiger partial charge in [0.2, 0.25) is 5.79 Å². The molecule has 0 N–H and O–H groups in total. The van der Waals surface area contributed by atoms with Gasteiger partial charge in [0.25, 0.3) is 0 Å². The van der Waals surface area contributed by atoms with E-state index in [1.54, 1.807) is 12.1 Å². The van der Waals surface area contributed by atoms with Crippen LogP contribution in [0.1, 0.15) is 5.56 Å². The van der Waals surface area contributed by atoms with E-state index in [9.17, 15) is 26.7 Å². The smallest absolute Gasteiger partial charge is 0.408 e. The summed E-state index contributed by atoms with van der Waals surface area (Å²) >= 11 is 0. The summed E-state index contributed by atoms with van der Waals surface area (Å²) in [4.78, 5) is 20.7. The van der Waals surface area contributed by atoms with Crippen LogP contribution in [-0.4, -0.2) is 80.8 Å². The third-order valence-electron chi connectivity index (χ3n) is 8.51. The fourth-order valence-corrected chi connectivity index (χ4v) is 6.06. The van der Waals surface area contributed by atoms with Crippen LogP contribution in [0.2, 0.25) is 0 Å². The molecule has 0 radical (unpaired) electrons. The lowest BCUT2D eigenvalue weighted by molar-refractivity contribution is -0.192. The van der Waals surface area contributed by atoms with Crippen LogP contribution in [0.4, 0.5) is 33.3 Å². The zero-order chi connectivity index (χ0) is 34.9. The Morgan fingerprint density at radius 1 is 0.860 bits per heavy atom. The third-order valence-corrected chi connectivity index (χ3v) is 8.51. The van der Waals surface area contributed by atoms with Gasteiger partial charge in [0.15, 0.2) is 0 Å². The summed E-state index contributed by atoms with van der Waals surface area (Å²) in [5, 5.41) is 7.66. The highest BCUT2D eigenvalue weighted by Gasteiger charge is 2.46. The Kier molecular flexibility index (Phi) is 9.00. The molecule has 2 atom stereocenters. The number of halogens is 5. The normalized spacial score (nSPS) is 19.7. The number of piperazine rings is 1. The first-order chi connectivity index (χ1) is 24.0. The molecule has 3 aromatic carbocycles. The summed E-state index contributed by atoms with van der Waals surface area (Å²) in [6.45, 7) is 1.74. The van der Waals surface area contributed by atoms with Crippen LogP contribution < -0.4 is 20.2 Å². The topological polar surface area (TPSA) is 105 Å². The molecule has 17 heteroatoms. The van der Waals surface area contributed by atoms with Crippen LogP contribution in [0.3, 0.4) is 0 Å². The van der Waals surface area contributed by atoms with Crippen LogP contribution in [0, 0.1) is 11.6 Å². The number of anilines is 2. The molecule has 2 aromatic heterocycles. The van der Waals surface area contributed by atoms with Gasteiger partial charge in [-0.2, -0.15) is 23.4 Å². The van der Waals surface area contributed by atoms with Crippen molar-refractivity contribution >= 4 is 11.4 Å². The van der Waals surface area contributed by atoms with Gasteiger partial charge in [-0.25, -0.2) is 32.5 Å². The highest BCUT2D eigenvalue weighted by atomic mass is 19.4. The van der Waals surface area contributed by atoms with Crippen LogP contribution in [0.25, 0.3) is 5.69 Å². The molecule has 2 aliphatic rings. The first kappa shape index (κ1) is 33.2. The molecule has 2 fully saturated rings. The van der Waals surface area contributed by atoms with Gasteiger partial charge in [-0.05, 0) is 60.7 Å². The Balaban J connectivity index is 0.921. The van der Waals surface area contributed by atoms with E-state index in [1.807, 2.05) is 36.4 Å². The van der Waals surface area contributed by atoms with Gasteiger partial charge in [0, 0.05) is 49.2 Å². The second-order valence-corrected chi connectivity index (χ2v) is 11.9. The van der Waals surface area contributed by atoms with E-state index in [2.05, 4.69) is 25.0 Å². The summed E-state index contributed by atoms with van der Waals surface area (Å²) in [7, 11) is 0. The number of hydrogen-bond acceptors (Lipinski definition) is 9. The molecule has 0 amide bonds. The number of alkyl halides is 3. The molecule has 7 rings (SSSR count). The van der Waals surface area contributed by atoms with E-state index in [4.69, 9.17) is 14.2 Å². The number of aromatic nitrogens is 6. The number of benzene rings is 3. The largest absolute Gasteiger partial charge is 0.491 e. The number of hydrogen-bond donors (Lipinski definition) is 0. The molecule has 2 saturated heterocycles. The van der Waals surface area contributed by atoms with Crippen molar-refractivity contribution in [1.82, 2.24) is 29.1 Å². The molecule has 4 heterocycles. The SMILES string of the molecule is O=c1n(-c2ccc(N3CCN(c4ccc(OCC5COC(Cn6cncn6)(c6ccc(F)cc6F)O5)cc4)CC3)cc2)cnn1CC(F)(F)F. The van der Waals surface area contributed by atoms with Crippen molar-refractivity contribution < 1.29 is 36.2 Å².